The van der Waals surface area contributed by atoms with Gasteiger partial charge in [-0.2, -0.15) is 0 Å². The Morgan fingerprint density at radius 1 is 1.25 bits per heavy atom. The molecule has 0 saturated carbocycles. The SMILES string of the molecule is CCc1cc2c(Nc3cc(Cl)ccc3C)ncnc2s1. The Bertz CT molecular complexity index is 767. The Morgan fingerprint density at radius 3 is 2.90 bits per heavy atom. The average Bonchev–Trinajstić information content (AvgIpc) is 2.87. The molecule has 3 nitrogen and oxygen atoms in total. The highest BCUT2D eigenvalue weighted by molar-refractivity contribution is 7.18. The van der Waals surface area contributed by atoms with Crippen LogP contribution >= 0.6 is 22.9 Å². The number of benzene rings is 1. The lowest BCUT2D eigenvalue weighted by molar-refractivity contribution is 1.19. The number of fused-ring (bicyclic) bond motifs is 1. The number of anilines is 2. The molecule has 3 rings (SSSR count). The Morgan fingerprint density at radius 2 is 2.10 bits per heavy atom. The summed E-state index contributed by atoms with van der Waals surface area (Å²) in [6, 6.07) is 7.95. The summed E-state index contributed by atoms with van der Waals surface area (Å²) in [5.41, 5.74) is 2.11. The molecule has 0 bridgehead atoms. The molecular formula is C15H14ClN3S. The largest absolute Gasteiger partial charge is 0.339 e. The van der Waals surface area contributed by atoms with Gasteiger partial charge in [-0.15, -0.1) is 11.3 Å². The number of nitrogens with zero attached hydrogens (tertiary/aromatic N) is 2. The number of aromatic nitrogens is 2. The van der Waals surface area contributed by atoms with Gasteiger partial charge in [0.05, 0.1) is 5.39 Å². The summed E-state index contributed by atoms with van der Waals surface area (Å²) in [6.07, 6.45) is 2.61. The maximum atomic E-state index is 6.06. The number of hydrogen-bond donors (Lipinski definition) is 1. The van der Waals surface area contributed by atoms with Gasteiger partial charge in [0.25, 0.3) is 0 Å². The maximum Gasteiger partial charge on any atom is 0.142 e. The molecule has 0 unspecified atom stereocenters. The van der Waals surface area contributed by atoms with Crippen molar-refractivity contribution in [3.63, 3.8) is 0 Å². The Kier molecular flexibility index (Phi) is 3.59. The summed E-state index contributed by atoms with van der Waals surface area (Å²) >= 11 is 7.77. The van der Waals surface area contributed by atoms with Crippen molar-refractivity contribution in [2.24, 2.45) is 0 Å². The van der Waals surface area contributed by atoms with E-state index in [4.69, 9.17) is 11.6 Å². The summed E-state index contributed by atoms with van der Waals surface area (Å²) < 4.78 is 0. The predicted molar refractivity (Wildman–Crippen MR) is 86.3 cm³/mol. The number of thiophene rings is 1. The Labute approximate surface area is 126 Å². The zero-order valence-electron chi connectivity index (χ0n) is 11.3. The lowest BCUT2D eigenvalue weighted by Crippen LogP contribution is -1.96. The quantitative estimate of drug-likeness (QED) is 0.743. The van der Waals surface area contributed by atoms with E-state index in [2.05, 4.69) is 28.3 Å². The molecular weight excluding hydrogens is 290 g/mol. The fourth-order valence-corrected chi connectivity index (χ4v) is 3.14. The third-order valence-electron chi connectivity index (χ3n) is 3.18. The summed E-state index contributed by atoms with van der Waals surface area (Å²) in [5.74, 6) is 0.830. The van der Waals surface area contributed by atoms with Gasteiger partial charge in [-0.3, -0.25) is 0 Å². The summed E-state index contributed by atoms with van der Waals surface area (Å²) in [7, 11) is 0. The molecule has 0 amide bonds. The molecule has 3 aromatic rings. The van der Waals surface area contributed by atoms with Crippen LogP contribution in [-0.2, 0) is 6.42 Å². The van der Waals surface area contributed by atoms with E-state index in [1.165, 1.54) is 4.88 Å². The number of rotatable bonds is 3. The van der Waals surface area contributed by atoms with E-state index in [-0.39, 0.29) is 0 Å². The number of hydrogen-bond acceptors (Lipinski definition) is 4. The van der Waals surface area contributed by atoms with Crippen molar-refractivity contribution in [2.75, 3.05) is 5.32 Å². The average molecular weight is 304 g/mol. The molecule has 0 radical (unpaired) electrons. The second-order valence-corrected chi connectivity index (χ2v) is 6.14. The van der Waals surface area contributed by atoms with Gasteiger partial charge in [0.15, 0.2) is 0 Å². The molecule has 102 valence electrons. The van der Waals surface area contributed by atoms with Gasteiger partial charge in [-0.05, 0) is 37.1 Å². The lowest BCUT2D eigenvalue weighted by Gasteiger charge is -2.09. The van der Waals surface area contributed by atoms with E-state index in [1.807, 2.05) is 25.1 Å². The molecule has 0 fully saturated rings. The molecule has 1 N–H and O–H groups in total. The van der Waals surface area contributed by atoms with Gasteiger partial charge in [0.2, 0.25) is 0 Å². The first-order valence-electron chi connectivity index (χ1n) is 6.44. The minimum atomic E-state index is 0.711. The first kappa shape index (κ1) is 13.3. The minimum absolute atomic E-state index is 0.711. The second-order valence-electron chi connectivity index (χ2n) is 4.59. The third-order valence-corrected chi connectivity index (χ3v) is 4.60. The Balaban J connectivity index is 2.06. The van der Waals surface area contributed by atoms with Crippen molar-refractivity contribution >= 4 is 44.7 Å². The van der Waals surface area contributed by atoms with Crippen LogP contribution in [0.3, 0.4) is 0 Å². The zero-order chi connectivity index (χ0) is 14.1. The summed E-state index contributed by atoms with van der Waals surface area (Å²) in [5, 5.41) is 5.14. The van der Waals surface area contributed by atoms with Crippen molar-refractivity contribution in [1.82, 2.24) is 9.97 Å². The van der Waals surface area contributed by atoms with E-state index in [0.717, 1.165) is 33.7 Å². The van der Waals surface area contributed by atoms with E-state index >= 15 is 0 Å². The van der Waals surface area contributed by atoms with Gasteiger partial charge in [-0.25, -0.2) is 9.97 Å². The van der Waals surface area contributed by atoms with Crippen LogP contribution in [0.4, 0.5) is 11.5 Å². The van der Waals surface area contributed by atoms with Crippen LogP contribution in [0, 0.1) is 6.92 Å². The van der Waals surface area contributed by atoms with Crippen molar-refractivity contribution in [3.05, 3.63) is 46.1 Å². The topological polar surface area (TPSA) is 37.8 Å². The first-order chi connectivity index (χ1) is 9.67. The van der Waals surface area contributed by atoms with E-state index < -0.39 is 0 Å². The molecule has 0 saturated heterocycles. The molecule has 0 aliphatic rings. The van der Waals surface area contributed by atoms with Crippen LogP contribution in [0.5, 0.6) is 0 Å². The van der Waals surface area contributed by atoms with Crippen LogP contribution in [0.1, 0.15) is 17.4 Å². The second kappa shape index (κ2) is 5.38. The van der Waals surface area contributed by atoms with E-state index in [9.17, 15) is 0 Å². The smallest absolute Gasteiger partial charge is 0.142 e. The van der Waals surface area contributed by atoms with Crippen molar-refractivity contribution < 1.29 is 0 Å². The lowest BCUT2D eigenvalue weighted by atomic mass is 10.2. The predicted octanol–water partition coefficient (Wildman–Crippen LogP) is 4.96. The molecule has 0 aliphatic heterocycles. The molecule has 1 aromatic carbocycles. The highest BCUT2D eigenvalue weighted by Crippen LogP contribution is 2.31. The van der Waals surface area contributed by atoms with Gasteiger partial charge in [0, 0.05) is 15.6 Å². The summed E-state index contributed by atoms with van der Waals surface area (Å²) in [6.45, 7) is 4.19. The van der Waals surface area contributed by atoms with Gasteiger partial charge < -0.3 is 5.32 Å². The monoisotopic (exact) mass is 303 g/mol. The van der Waals surface area contributed by atoms with Crippen molar-refractivity contribution in [3.8, 4) is 0 Å². The molecule has 20 heavy (non-hydrogen) atoms. The molecule has 0 aliphatic carbocycles. The van der Waals surface area contributed by atoms with Crippen LogP contribution in [0.15, 0.2) is 30.6 Å². The van der Waals surface area contributed by atoms with Gasteiger partial charge in [-0.1, -0.05) is 24.6 Å². The molecule has 2 aromatic heterocycles. The fourth-order valence-electron chi connectivity index (χ4n) is 2.04. The number of aryl methyl sites for hydroxylation is 2. The molecule has 0 atom stereocenters. The Hall–Kier alpha value is -1.65. The first-order valence-corrected chi connectivity index (χ1v) is 7.63. The standard InChI is InChI=1S/C15H14ClN3S/c1-3-11-7-12-14(17-8-18-15(12)20-11)19-13-6-10(16)5-4-9(13)2/h4-8H,3H2,1-2H3,(H,17,18,19). The van der Waals surface area contributed by atoms with Crippen LogP contribution in [-0.4, -0.2) is 9.97 Å². The van der Waals surface area contributed by atoms with Crippen LogP contribution in [0.2, 0.25) is 5.02 Å². The van der Waals surface area contributed by atoms with Crippen LogP contribution < -0.4 is 5.32 Å². The van der Waals surface area contributed by atoms with E-state index in [1.54, 1.807) is 17.7 Å². The van der Waals surface area contributed by atoms with Gasteiger partial charge >= 0.3 is 0 Å². The highest BCUT2D eigenvalue weighted by atomic mass is 35.5. The maximum absolute atomic E-state index is 6.06. The molecule has 5 heteroatoms. The third kappa shape index (κ3) is 2.49. The number of halogens is 1. The van der Waals surface area contributed by atoms with E-state index in [0.29, 0.717) is 5.02 Å². The molecule has 2 heterocycles. The summed E-state index contributed by atoms with van der Waals surface area (Å²) in [4.78, 5) is 11.0. The molecule has 0 spiro atoms. The fraction of sp³-hybridized carbons (Fsp3) is 0.200. The van der Waals surface area contributed by atoms with Gasteiger partial charge in [0.1, 0.15) is 17.0 Å². The number of nitrogens with one attached hydrogen (secondary N) is 1. The van der Waals surface area contributed by atoms with Crippen molar-refractivity contribution in [2.45, 2.75) is 20.3 Å². The van der Waals surface area contributed by atoms with Crippen LogP contribution in [0.25, 0.3) is 10.2 Å². The normalized spacial score (nSPS) is 10.9. The minimum Gasteiger partial charge on any atom is -0.339 e. The highest BCUT2D eigenvalue weighted by Gasteiger charge is 2.09. The van der Waals surface area contributed by atoms with Crippen molar-refractivity contribution in [1.29, 1.82) is 0 Å². The zero-order valence-corrected chi connectivity index (χ0v) is 12.8.